The summed E-state index contributed by atoms with van der Waals surface area (Å²) in [6.07, 6.45) is 2.43. The van der Waals surface area contributed by atoms with Crippen LogP contribution in [0.2, 0.25) is 0 Å². The van der Waals surface area contributed by atoms with E-state index in [9.17, 15) is 4.39 Å². The SMILES string of the molecule is Cc1cccc(-c2nc(CNc3ccccc3F)[nH]c2-c2ccc3ncc(CCN)nc3c2)n1. The number of benzene rings is 2. The molecule has 7 nitrogen and oxygen atoms in total. The maximum absolute atomic E-state index is 14.1. The largest absolute Gasteiger partial charge is 0.375 e. The molecule has 2 aromatic carbocycles. The predicted molar refractivity (Wildman–Crippen MR) is 132 cm³/mol. The molecule has 0 fully saturated rings. The fraction of sp³-hybridized carbons (Fsp3) is 0.154. The molecular formula is C26H24FN7. The van der Waals surface area contributed by atoms with Gasteiger partial charge in [-0.05, 0) is 49.9 Å². The van der Waals surface area contributed by atoms with Gasteiger partial charge in [0.2, 0.25) is 0 Å². The van der Waals surface area contributed by atoms with Crippen LogP contribution in [0.5, 0.6) is 0 Å². The van der Waals surface area contributed by atoms with E-state index in [0.29, 0.717) is 31.0 Å². The number of nitrogens with one attached hydrogen (secondary N) is 2. The van der Waals surface area contributed by atoms with Crippen LogP contribution in [0.15, 0.2) is 66.9 Å². The Morgan fingerprint density at radius 1 is 0.971 bits per heavy atom. The summed E-state index contributed by atoms with van der Waals surface area (Å²) in [5.41, 5.74) is 12.7. The van der Waals surface area contributed by atoms with Gasteiger partial charge in [-0.3, -0.25) is 9.97 Å². The van der Waals surface area contributed by atoms with Crippen molar-refractivity contribution in [3.8, 4) is 22.6 Å². The number of imidazole rings is 1. The zero-order valence-corrected chi connectivity index (χ0v) is 18.7. The van der Waals surface area contributed by atoms with E-state index in [-0.39, 0.29) is 5.82 Å². The fourth-order valence-electron chi connectivity index (χ4n) is 3.83. The van der Waals surface area contributed by atoms with Crippen molar-refractivity contribution in [1.82, 2.24) is 24.9 Å². The summed E-state index contributed by atoms with van der Waals surface area (Å²) >= 11 is 0. The molecule has 8 heteroatoms. The van der Waals surface area contributed by atoms with Gasteiger partial charge < -0.3 is 16.0 Å². The number of nitrogens with two attached hydrogens (primary N) is 1. The van der Waals surface area contributed by atoms with E-state index < -0.39 is 0 Å². The maximum atomic E-state index is 14.1. The van der Waals surface area contributed by atoms with Crippen LogP contribution >= 0.6 is 0 Å². The van der Waals surface area contributed by atoms with Crippen LogP contribution in [0.25, 0.3) is 33.7 Å². The Bertz CT molecular complexity index is 1460. The lowest BCUT2D eigenvalue weighted by Gasteiger charge is -2.06. The Balaban J connectivity index is 1.56. The van der Waals surface area contributed by atoms with Crippen LogP contribution in [-0.4, -0.2) is 31.5 Å². The average Bonchev–Trinajstić information content (AvgIpc) is 3.28. The molecule has 0 radical (unpaired) electrons. The van der Waals surface area contributed by atoms with Crippen LogP contribution in [0.3, 0.4) is 0 Å². The Morgan fingerprint density at radius 3 is 2.68 bits per heavy atom. The summed E-state index contributed by atoms with van der Waals surface area (Å²) < 4.78 is 14.1. The lowest BCUT2D eigenvalue weighted by molar-refractivity contribution is 0.630. The molecule has 3 aromatic heterocycles. The molecule has 170 valence electrons. The second-order valence-corrected chi connectivity index (χ2v) is 8.01. The first-order chi connectivity index (χ1) is 16.6. The van der Waals surface area contributed by atoms with Crippen molar-refractivity contribution in [2.75, 3.05) is 11.9 Å². The molecule has 0 spiro atoms. The molecule has 5 rings (SSSR count). The van der Waals surface area contributed by atoms with E-state index in [0.717, 1.165) is 45.1 Å². The van der Waals surface area contributed by atoms with Crippen LogP contribution in [0, 0.1) is 12.7 Å². The zero-order valence-electron chi connectivity index (χ0n) is 18.7. The highest BCUT2D eigenvalue weighted by atomic mass is 19.1. The van der Waals surface area contributed by atoms with Gasteiger partial charge in [-0.2, -0.15) is 0 Å². The number of nitrogens with zero attached hydrogens (tertiary/aromatic N) is 4. The van der Waals surface area contributed by atoms with Gasteiger partial charge >= 0.3 is 0 Å². The molecule has 0 saturated carbocycles. The molecular weight excluding hydrogens is 429 g/mol. The van der Waals surface area contributed by atoms with E-state index in [1.165, 1.54) is 6.07 Å². The number of halogens is 1. The Morgan fingerprint density at radius 2 is 1.85 bits per heavy atom. The average molecular weight is 454 g/mol. The van der Waals surface area contributed by atoms with Gasteiger partial charge in [0.05, 0.1) is 40.3 Å². The first kappa shape index (κ1) is 21.7. The van der Waals surface area contributed by atoms with Gasteiger partial charge in [0.15, 0.2) is 0 Å². The molecule has 0 saturated heterocycles. The van der Waals surface area contributed by atoms with Crippen molar-refractivity contribution >= 4 is 16.7 Å². The number of aromatic amines is 1. The summed E-state index contributed by atoms with van der Waals surface area (Å²) in [6.45, 7) is 2.79. The molecule has 3 heterocycles. The zero-order chi connectivity index (χ0) is 23.5. The molecule has 0 unspecified atom stereocenters. The van der Waals surface area contributed by atoms with Crippen molar-refractivity contribution in [2.45, 2.75) is 19.9 Å². The number of hydrogen-bond donors (Lipinski definition) is 3. The fourth-order valence-corrected chi connectivity index (χ4v) is 3.83. The van der Waals surface area contributed by atoms with Crippen molar-refractivity contribution in [3.63, 3.8) is 0 Å². The second-order valence-electron chi connectivity index (χ2n) is 8.01. The van der Waals surface area contributed by atoms with E-state index in [2.05, 4.69) is 20.3 Å². The number of aryl methyl sites for hydroxylation is 1. The lowest BCUT2D eigenvalue weighted by atomic mass is 10.1. The first-order valence-corrected chi connectivity index (χ1v) is 11.1. The quantitative estimate of drug-likeness (QED) is 0.331. The highest BCUT2D eigenvalue weighted by molar-refractivity contribution is 5.84. The van der Waals surface area contributed by atoms with Gasteiger partial charge in [0.25, 0.3) is 0 Å². The van der Waals surface area contributed by atoms with Crippen molar-refractivity contribution in [3.05, 3.63) is 89.9 Å². The van der Waals surface area contributed by atoms with Crippen LogP contribution in [-0.2, 0) is 13.0 Å². The second kappa shape index (κ2) is 9.36. The van der Waals surface area contributed by atoms with E-state index in [4.69, 9.17) is 15.7 Å². The minimum absolute atomic E-state index is 0.309. The number of pyridine rings is 1. The summed E-state index contributed by atoms with van der Waals surface area (Å²) in [4.78, 5) is 22.1. The first-order valence-electron chi connectivity index (χ1n) is 11.1. The molecule has 0 aliphatic carbocycles. The van der Waals surface area contributed by atoms with Crippen LogP contribution in [0.4, 0.5) is 10.1 Å². The van der Waals surface area contributed by atoms with Crippen LogP contribution < -0.4 is 11.1 Å². The van der Waals surface area contributed by atoms with Gasteiger partial charge in [-0.15, -0.1) is 0 Å². The minimum atomic E-state index is -0.309. The molecule has 34 heavy (non-hydrogen) atoms. The topological polar surface area (TPSA) is 105 Å². The molecule has 0 bridgehead atoms. The summed E-state index contributed by atoms with van der Waals surface area (Å²) in [6, 6.07) is 18.3. The standard InChI is InChI=1S/C26H24FN7/c1-16-5-4-8-22(31-16)26-25(33-24(34-26)15-30-20-7-3-2-6-19(20)27)17-9-10-21-23(13-17)32-18(11-12-28)14-29-21/h2-10,13-14,30H,11-12,15,28H2,1H3,(H,33,34). The van der Waals surface area contributed by atoms with Gasteiger partial charge in [-0.1, -0.05) is 24.3 Å². The highest BCUT2D eigenvalue weighted by Gasteiger charge is 2.17. The van der Waals surface area contributed by atoms with Crippen molar-refractivity contribution < 1.29 is 4.39 Å². The normalized spacial score (nSPS) is 11.1. The molecule has 0 aliphatic rings. The predicted octanol–water partition coefficient (Wildman–Crippen LogP) is 4.64. The van der Waals surface area contributed by atoms with Crippen LogP contribution in [0.1, 0.15) is 17.2 Å². The molecule has 0 aliphatic heterocycles. The highest BCUT2D eigenvalue weighted by Crippen LogP contribution is 2.31. The van der Waals surface area contributed by atoms with E-state index in [1.807, 2.05) is 43.3 Å². The third-order valence-corrected chi connectivity index (χ3v) is 5.49. The summed E-state index contributed by atoms with van der Waals surface area (Å²) in [5, 5.41) is 3.11. The number of aromatic nitrogens is 5. The number of rotatable bonds is 7. The van der Waals surface area contributed by atoms with Crippen molar-refractivity contribution in [2.24, 2.45) is 5.73 Å². The minimum Gasteiger partial charge on any atom is -0.375 e. The molecule has 4 N–H and O–H groups in total. The molecule has 0 atom stereocenters. The van der Waals surface area contributed by atoms with Crippen molar-refractivity contribution in [1.29, 1.82) is 0 Å². The number of H-pyrrole nitrogens is 1. The maximum Gasteiger partial charge on any atom is 0.146 e. The van der Waals surface area contributed by atoms with Gasteiger partial charge in [0, 0.05) is 23.9 Å². The number of para-hydroxylation sites is 1. The summed E-state index contributed by atoms with van der Waals surface area (Å²) in [5.74, 6) is 0.357. The number of hydrogen-bond acceptors (Lipinski definition) is 6. The third-order valence-electron chi connectivity index (χ3n) is 5.49. The van der Waals surface area contributed by atoms with Gasteiger partial charge in [0.1, 0.15) is 17.3 Å². The van der Waals surface area contributed by atoms with E-state index in [1.54, 1.807) is 24.4 Å². The smallest absolute Gasteiger partial charge is 0.146 e. The lowest BCUT2D eigenvalue weighted by Crippen LogP contribution is -2.05. The summed E-state index contributed by atoms with van der Waals surface area (Å²) in [7, 11) is 0. The Labute approximate surface area is 196 Å². The van der Waals surface area contributed by atoms with Gasteiger partial charge in [-0.25, -0.2) is 14.4 Å². The third kappa shape index (κ3) is 4.49. The molecule has 5 aromatic rings. The van der Waals surface area contributed by atoms with E-state index >= 15 is 0 Å². The Kier molecular flexibility index (Phi) is 5.97. The monoisotopic (exact) mass is 453 g/mol. The number of anilines is 1. The molecule has 0 amide bonds. The number of fused-ring (bicyclic) bond motifs is 1. The Hall–Kier alpha value is -4.17.